The quantitative estimate of drug-likeness (QED) is 0.208. The molecular weight excluding hydrogens is 455 g/mol. The number of hydrogen-bond donors (Lipinski definition) is 3. The topological polar surface area (TPSA) is 91.8 Å². The second-order valence-corrected chi connectivity index (χ2v) is 8.58. The van der Waals surface area contributed by atoms with Gasteiger partial charge in [-0.3, -0.25) is 4.99 Å². The van der Waals surface area contributed by atoms with Crippen LogP contribution in [0.1, 0.15) is 46.0 Å². The van der Waals surface area contributed by atoms with Crippen LogP contribution in [0, 0.1) is 5.41 Å². The highest BCUT2D eigenvalue weighted by molar-refractivity contribution is 14.0. The molecule has 0 amide bonds. The van der Waals surface area contributed by atoms with Crippen molar-refractivity contribution in [1.82, 2.24) is 15.4 Å². The summed E-state index contributed by atoms with van der Waals surface area (Å²) in [5, 5.41) is 6.81. The predicted molar refractivity (Wildman–Crippen MR) is 112 cm³/mol. The third-order valence-electron chi connectivity index (χ3n) is 5.09. The molecule has 2 atom stereocenters. The molecule has 9 heteroatoms. The Bertz CT molecular complexity index is 535. The normalized spacial score (nSPS) is 25.3. The fraction of sp³-hybridized carbons (Fsp3) is 0.938. The summed E-state index contributed by atoms with van der Waals surface area (Å²) in [6, 6.07) is 0.386. The molecule has 3 N–H and O–H groups in total. The lowest BCUT2D eigenvalue weighted by Crippen LogP contribution is -2.65. The van der Waals surface area contributed by atoms with Gasteiger partial charge in [0.2, 0.25) is 10.0 Å². The molecule has 0 radical (unpaired) electrons. The zero-order valence-corrected chi connectivity index (χ0v) is 18.7. The highest BCUT2D eigenvalue weighted by Gasteiger charge is 2.56. The van der Waals surface area contributed by atoms with E-state index in [0.29, 0.717) is 25.2 Å². The van der Waals surface area contributed by atoms with E-state index < -0.39 is 10.0 Å². The van der Waals surface area contributed by atoms with Gasteiger partial charge >= 0.3 is 0 Å². The summed E-state index contributed by atoms with van der Waals surface area (Å²) in [7, 11) is -3.16. The molecule has 0 bridgehead atoms. The van der Waals surface area contributed by atoms with Gasteiger partial charge in [-0.05, 0) is 33.1 Å². The molecule has 148 valence electrons. The van der Waals surface area contributed by atoms with Crippen molar-refractivity contribution in [2.45, 2.75) is 58.1 Å². The van der Waals surface area contributed by atoms with Crippen LogP contribution >= 0.6 is 24.0 Å². The molecule has 2 fully saturated rings. The number of hydrogen-bond acceptors (Lipinski definition) is 4. The van der Waals surface area contributed by atoms with Crippen LogP contribution in [0.2, 0.25) is 0 Å². The fourth-order valence-corrected chi connectivity index (χ4v) is 4.43. The Hall–Kier alpha value is -0.130. The van der Waals surface area contributed by atoms with Gasteiger partial charge in [0, 0.05) is 31.2 Å². The summed E-state index contributed by atoms with van der Waals surface area (Å²) >= 11 is 0. The Kier molecular flexibility index (Phi) is 9.41. The van der Waals surface area contributed by atoms with Crippen LogP contribution in [0.4, 0.5) is 0 Å². The molecule has 7 nitrogen and oxygen atoms in total. The number of nitrogens with zero attached hydrogens (tertiary/aromatic N) is 1. The second-order valence-electron chi connectivity index (χ2n) is 6.74. The summed E-state index contributed by atoms with van der Waals surface area (Å²) in [5.41, 5.74) is 0.247. The lowest BCUT2D eigenvalue weighted by atomic mass is 9.60. The van der Waals surface area contributed by atoms with Crippen molar-refractivity contribution < 1.29 is 13.2 Å². The average Bonchev–Trinajstić information content (AvgIpc) is 3.02. The molecule has 1 spiro atoms. The molecule has 25 heavy (non-hydrogen) atoms. The smallest absolute Gasteiger partial charge is 0.208 e. The van der Waals surface area contributed by atoms with Crippen LogP contribution in [0.25, 0.3) is 0 Å². The lowest BCUT2D eigenvalue weighted by Gasteiger charge is -2.54. The first-order chi connectivity index (χ1) is 11.4. The van der Waals surface area contributed by atoms with E-state index in [0.717, 1.165) is 31.8 Å². The van der Waals surface area contributed by atoms with Crippen molar-refractivity contribution in [3.05, 3.63) is 0 Å². The van der Waals surface area contributed by atoms with Crippen LogP contribution in [0.5, 0.6) is 0 Å². The fourth-order valence-electron chi connectivity index (χ4n) is 3.97. The maximum absolute atomic E-state index is 11.1. The Morgan fingerprint density at radius 1 is 1.28 bits per heavy atom. The van der Waals surface area contributed by atoms with Gasteiger partial charge < -0.3 is 15.4 Å². The van der Waals surface area contributed by atoms with E-state index in [9.17, 15) is 8.42 Å². The largest absolute Gasteiger partial charge is 0.378 e. The zero-order valence-electron chi connectivity index (χ0n) is 15.5. The van der Waals surface area contributed by atoms with Gasteiger partial charge in [-0.1, -0.05) is 12.8 Å². The molecule has 0 aliphatic heterocycles. The van der Waals surface area contributed by atoms with Gasteiger partial charge in [-0.25, -0.2) is 13.1 Å². The van der Waals surface area contributed by atoms with Gasteiger partial charge in [0.05, 0.1) is 18.9 Å². The molecule has 0 aromatic heterocycles. The maximum atomic E-state index is 11.1. The van der Waals surface area contributed by atoms with Crippen molar-refractivity contribution in [2.24, 2.45) is 10.4 Å². The van der Waals surface area contributed by atoms with Crippen molar-refractivity contribution in [1.29, 1.82) is 0 Å². The average molecular weight is 488 g/mol. The Morgan fingerprint density at radius 2 is 1.96 bits per heavy atom. The molecule has 0 aromatic carbocycles. The minimum atomic E-state index is -3.16. The van der Waals surface area contributed by atoms with Crippen LogP contribution < -0.4 is 15.4 Å². The molecule has 2 saturated carbocycles. The third kappa shape index (κ3) is 6.21. The Morgan fingerprint density at radius 3 is 2.52 bits per heavy atom. The van der Waals surface area contributed by atoms with Crippen LogP contribution in [0.3, 0.4) is 0 Å². The maximum Gasteiger partial charge on any atom is 0.208 e. The van der Waals surface area contributed by atoms with Gasteiger partial charge in [0.1, 0.15) is 0 Å². The van der Waals surface area contributed by atoms with E-state index in [1.54, 1.807) is 0 Å². The molecule has 0 heterocycles. The van der Waals surface area contributed by atoms with Crippen LogP contribution in [-0.2, 0) is 14.8 Å². The van der Waals surface area contributed by atoms with Crippen molar-refractivity contribution in [3.8, 4) is 0 Å². The number of halogens is 1. The number of ether oxygens (including phenoxy) is 1. The number of rotatable bonds is 8. The minimum absolute atomic E-state index is 0. The Labute approximate surface area is 169 Å². The first-order valence-electron chi connectivity index (χ1n) is 9.02. The lowest BCUT2D eigenvalue weighted by molar-refractivity contribution is -0.125. The first kappa shape index (κ1) is 22.9. The van der Waals surface area contributed by atoms with Gasteiger partial charge in [-0.15, -0.1) is 24.0 Å². The summed E-state index contributed by atoms with van der Waals surface area (Å²) in [5.74, 6) is 0.763. The van der Waals surface area contributed by atoms with Crippen molar-refractivity contribution in [3.63, 3.8) is 0 Å². The monoisotopic (exact) mass is 488 g/mol. The van der Waals surface area contributed by atoms with Crippen molar-refractivity contribution in [2.75, 3.05) is 32.5 Å². The van der Waals surface area contributed by atoms with Crippen LogP contribution in [-0.4, -0.2) is 59.0 Å². The van der Waals surface area contributed by atoms with E-state index in [4.69, 9.17) is 4.74 Å². The summed E-state index contributed by atoms with van der Waals surface area (Å²) in [6.45, 7) is 6.36. The van der Waals surface area contributed by atoms with Crippen molar-refractivity contribution >= 4 is 40.0 Å². The van der Waals surface area contributed by atoms with Gasteiger partial charge in [0.15, 0.2) is 5.96 Å². The van der Waals surface area contributed by atoms with E-state index in [1.807, 2.05) is 6.92 Å². The number of guanidine groups is 1. The highest BCUT2D eigenvalue weighted by Crippen LogP contribution is 2.54. The standard InChI is InChI=1S/C16H32N4O3S.HI/c1-4-17-15(18-10-11-19-24(3,21)22)20-13-12-14(23-5-2)16(13)8-6-7-9-16;/h13-14,19H,4-12H2,1-3H3,(H2,17,18,20);1H. The minimum Gasteiger partial charge on any atom is -0.378 e. The number of nitrogens with one attached hydrogen (secondary N) is 3. The second kappa shape index (κ2) is 10.3. The third-order valence-corrected chi connectivity index (χ3v) is 5.82. The SMILES string of the molecule is CCNC(=NCCNS(C)(=O)=O)NC1CC(OCC)C12CCCC2.I. The Balaban J connectivity index is 0.00000312. The van der Waals surface area contributed by atoms with Gasteiger partial charge in [0.25, 0.3) is 0 Å². The molecule has 2 aliphatic carbocycles. The predicted octanol–water partition coefficient (Wildman–Crippen LogP) is 1.45. The van der Waals surface area contributed by atoms with E-state index in [1.165, 1.54) is 25.7 Å². The van der Waals surface area contributed by atoms with E-state index in [2.05, 4.69) is 27.3 Å². The zero-order chi connectivity index (χ0) is 17.6. The molecule has 0 saturated heterocycles. The molecule has 0 aromatic rings. The molecule has 2 rings (SSSR count). The first-order valence-corrected chi connectivity index (χ1v) is 10.9. The molecule has 2 unspecified atom stereocenters. The summed E-state index contributed by atoms with van der Waals surface area (Å²) < 4.78 is 30.6. The summed E-state index contributed by atoms with van der Waals surface area (Å²) in [6.07, 6.45) is 7.50. The van der Waals surface area contributed by atoms with E-state index in [-0.39, 0.29) is 29.4 Å². The van der Waals surface area contributed by atoms with Crippen LogP contribution in [0.15, 0.2) is 4.99 Å². The number of aliphatic imine (C=N–C) groups is 1. The van der Waals surface area contributed by atoms with E-state index >= 15 is 0 Å². The number of sulfonamides is 1. The molecule has 2 aliphatic rings. The van der Waals surface area contributed by atoms with Gasteiger partial charge in [-0.2, -0.15) is 0 Å². The highest BCUT2D eigenvalue weighted by atomic mass is 127. The summed E-state index contributed by atoms with van der Waals surface area (Å²) in [4.78, 5) is 4.49. The molecular formula is C16H33IN4O3S.